The molecule has 1 aliphatic rings. The third-order valence-corrected chi connectivity index (χ3v) is 5.50. The molecule has 3 aromatic rings. The zero-order chi connectivity index (χ0) is 19.5. The molecule has 28 heavy (non-hydrogen) atoms. The predicted molar refractivity (Wildman–Crippen MR) is 113 cm³/mol. The molecule has 1 atom stereocenters. The van der Waals surface area contributed by atoms with Gasteiger partial charge in [-0.2, -0.15) is 0 Å². The molecule has 2 aromatic heterocycles. The number of fused-ring (bicyclic) bond motifs is 1. The third kappa shape index (κ3) is 3.57. The van der Waals surface area contributed by atoms with E-state index in [9.17, 15) is 4.79 Å². The van der Waals surface area contributed by atoms with Crippen LogP contribution in [-0.4, -0.2) is 33.4 Å². The van der Waals surface area contributed by atoms with E-state index >= 15 is 0 Å². The highest BCUT2D eigenvalue weighted by Gasteiger charge is 2.28. The average molecular weight is 374 g/mol. The number of aromatic nitrogens is 2. The maximum atomic E-state index is 13.5. The highest BCUT2D eigenvalue weighted by Crippen LogP contribution is 2.31. The SMILES string of the molecule is CC[C@@H]1CCCCN1C(=O)c1cnc2nc(C)ccc2c1Nc1ccccc1. The number of carbonyl (C=O) groups excluding carboxylic acids is 1. The number of aryl methyl sites for hydroxylation is 1. The van der Waals surface area contributed by atoms with E-state index in [1.807, 2.05) is 54.3 Å². The van der Waals surface area contributed by atoms with Gasteiger partial charge in [0.05, 0.1) is 11.3 Å². The molecule has 4 rings (SSSR count). The summed E-state index contributed by atoms with van der Waals surface area (Å²) in [5, 5.41) is 4.33. The Hall–Kier alpha value is -2.95. The van der Waals surface area contributed by atoms with Crippen molar-refractivity contribution in [2.24, 2.45) is 0 Å². The van der Waals surface area contributed by atoms with E-state index in [0.29, 0.717) is 17.3 Å². The number of hydrogen-bond acceptors (Lipinski definition) is 4. The third-order valence-electron chi connectivity index (χ3n) is 5.50. The van der Waals surface area contributed by atoms with Crippen molar-refractivity contribution in [1.29, 1.82) is 0 Å². The van der Waals surface area contributed by atoms with Gasteiger partial charge in [0.15, 0.2) is 5.65 Å². The lowest BCUT2D eigenvalue weighted by Crippen LogP contribution is -2.43. The number of anilines is 2. The van der Waals surface area contributed by atoms with Crippen LogP contribution in [0.1, 0.15) is 48.7 Å². The van der Waals surface area contributed by atoms with E-state index in [-0.39, 0.29) is 5.91 Å². The van der Waals surface area contributed by atoms with Crippen molar-refractivity contribution in [2.75, 3.05) is 11.9 Å². The van der Waals surface area contributed by atoms with Crippen molar-refractivity contribution in [2.45, 2.75) is 45.6 Å². The van der Waals surface area contributed by atoms with Gasteiger partial charge in [-0.25, -0.2) is 9.97 Å². The molecular formula is C23H26N4O. The Bertz CT molecular complexity index is 987. The van der Waals surface area contributed by atoms with Gasteiger partial charge in [-0.15, -0.1) is 0 Å². The summed E-state index contributed by atoms with van der Waals surface area (Å²) >= 11 is 0. The Kier molecular flexibility index (Phi) is 5.24. The number of amides is 1. The smallest absolute Gasteiger partial charge is 0.257 e. The van der Waals surface area contributed by atoms with E-state index in [2.05, 4.69) is 22.2 Å². The van der Waals surface area contributed by atoms with Crippen LogP contribution >= 0.6 is 0 Å². The monoisotopic (exact) mass is 374 g/mol. The molecule has 1 fully saturated rings. The van der Waals surface area contributed by atoms with Gasteiger partial charge in [-0.05, 0) is 56.9 Å². The van der Waals surface area contributed by atoms with E-state index < -0.39 is 0 Å². The van der Waals surface area contributed by atoms with Gasteiger partial charge >= 0.3 is 0 Å². The lowest BCUT2D eigenvalue weighted by molar-refractivity contribution is 0.0609. The molecule has 0 saturated carbocycles. The van der Waals surface area contributed by atoms with Gasteiger partial charge in [0, 0.05) is 35.6 Å². The minimum absolute atomic E-state index is 0.0555. The van der Waals surface area contributed by atoms with Crippen LogP contribution in [0.5, 0.6) is 0 Å². The summed E-state index contributed by atoms with van der Waals surface area (Å²) in [4.78, 5) is 24.6. The first-order valence-corrected chi connectivity index (χ1v) is 10.1. The maximum absolute atomic E-state index is 13.5. The van der Waals surface area contributed by atoms with Gasteiger partial charge < -0.3 is 10.2 Å². The van der Waals surface area contributed by atoms with Crippen LogP contribution in [0.15, 0.2) is 48.7 Å². The Morgan fingerprint density at radius 3 is 2.79 bits per heavy atom. The summed E-state index contributed by atoms with van der Waals surface area (Å²) in [5.41, 5.74) is 3.90. The van der Waals surface area contributed by atoms with Crippen LogP contribution in [-0.2, 0) is 0 Å². The number of piperidine rings is 1. The van der Waals surface area contributed by atoms with Crippen molar-refractivity contribution in [3.05, 3.63) is 59.9 Å². The highest BCUT2D eigenvalue weighted by molar-refractivity contribution is 6.07. The fourth-order valence-electron chi connectivity index (χ4n) is 3.98. The molecule has 0 aliphatic carbocycles. The second-order valence-electron chi connectivity index (χ2n) is 7.42. The molecule has 1 aromatic carbocycles. The van der Waals surface area contributed by atoms with Crippen molar-refractivity contribution in [1.82, 2.24) is 14.9 Å². The number of pyridine rings is 2. The van der Waals surface area contributed by atoms with Crippen molar-refractivity contribution in [3.63, 3.8) is 0 Å². The molecule has 5 nitrogen and oxygen atoms in total. The molecule has 1 N–H and O–H groups in total. The van der Waals surface area contributed by atoms with Crippen LogP contribution in [0.4, 0.5) is 11.4 Å². The normalized spacial score (nSPS) is 16.9. The molecule has 1 amide bonds. The lowest BCUT2D eigenvalue weighted by Gasteiger charge is -2.35. The molecule has 5 heteroatoms. The first-order valence-electron chi connectivity index (χ1n) is 10.1. The molecule has 144 valence electrons. The Morgan fingerprint density at radius 2 is 2.00 bits per heavy atom. The van der Waals surface area contributed by atoms with Crippen LogP contribution in [0, 0.1) is 6.92 Å². The zero-order valence-electron chi connectivity index (χ0n) is 16.5. The standard InChI is InChI=1S/C23H26N4O/c1-3-18-11-7-8-14-27(18)23(28)20-15-24-22-19(13-12-16(2)25-22)21(20)26-17-9-5-4-6-10-17/h4-6,9-10,12-13,15,18H,3,7-8,11,14H2,1-2H3,(H,24,25,26)/t18-/m1/s1. The minimum Gasteiger partial charge on any atom is -0.354 e. The van der Waals surface area contributed by atoms with Crippen LogP contribution in [0.3, 0.4) is 0 Å². The summed E-state index contributed by atoms with van der Waals surface area (Å²) in [7, 11) is 0. The number of nitrogens with zero attached hydrogens (tertiary/aromatic N) is 3. The van der Waals surface area contributed by atoms with E-state index in [1.54, 1.807) is 6.20 Å². The number of para-hydroxylation sites is 1. The van der Waals surface area contributed by atoms with Gasteiger partial charge in [-0.1, -0.05) is 25.1 Å². The maximum Gasteiger partial charge on any atom is 0.257 e. The zero-order valence-corrected chi connectivity index (χ0v) is 16.5. The molecule has 0 spiro atoms. The van der Waals surface area contributed by atoms with Gasteiger partial charge in [0.1, 0.15) is 0 Å². The number of carbonyl (C=O) groups is 1. The van der Waals surface area contributed by atoms with E-state index in [4.69, 9.17) is 0 Å². The number of benzene rings is 1. The first-order chi connectivity index (χ1) is 13.7. The second-order valence-corrected chi connectivity index (χ2v) is 7.42. The number of hydrogen-bond donors (Lipinski definition) is 1. The van der Waals surface area contributed by atoms with Crippen LogP contribution < -0.4 is 5.32 Å². The van der Waals surface area contributed by atoms with Crippen LogP contribution in [0.2, 0.25) is 0 Å². The molecule has 0 radical (unpaired) electrons. The van der Waals surface area contributed by atoms with Gasteiger partial charge in [0.25, 0.3) is 5.91 Å². The Balaban J connectivity index is 1.81. The largest absolute Gasteiger partial charge is 0.354 e. The number of nitrogens with one attached hydrogen (secondary N) is 1. The molecule has 3 heterocycles. The fourth-order valence-corrected chi connectivity index (χ4v) is 3.98. The molecular weight excluding hydrogens is 348 g/mol. The van der Waals surface area contributed by atoms with Crippen molar-refractivity contribution < 1.29 is 4.79 Å². The predicted octanol–water partition coefficient (Wildman–Crippen LogP) is 5.09. The average Bonchev–Trinajstić information content (AvgIpc) is 2.74. The number of rotatable bonds is 4. The molecule has 1 aliphatic heterocycles. The molecule has 0 bridgehead atoms. The van der Waals surface area contributed by atoms with Crippen molar-refractivity contribution >= 4 is 28.3 Å². The number of likely N-dealkylation sites (tertiary alicyclic amines) is 1. The quantitative estimate of drug-likeness (QED) is 0.691. The van der Waals surface area contributed by atoms with Crippen molar-refractivity contribution in [3.8, 4) is 0 Å². The molecule has 0 unspecified atom stereocenters. The Morgan fingerprint density at radius 1 is 1.18 bits per heavy atom. The summed E-state index contributed by atoms with van der Waals surface area (Å²) in [6.07, 6.45) is 5.99. The summed E-state index contributed by atoms with van der Waals surface area (Å²) in [6, 6.07) is 14.2. The fraction of sp³-hybridized carbons (Fsp3) is 0.348. The minimum atomic E-state index is 0.0555. The summed E-state index contributed by atoms with van der Waals surface area (Å²) in [6.45, 7) is 4.92. The molecule has 1 saturated heterocycles. The van der Waals surface area contributed by atoms with Crippen LogP contribution in [0.25, 0.3) is 11.0 Å². The topological polar surface area (TPSA) is 58.1 Å². The summed E-state index contributed by atoms with van der Waals surface area (Å²) < 4.78 is 0. The Labute approximate surface area is 165 Å². The highest BCUT2D eigenvalue weighted by atomic mass is 16.2. The van der Waals surface area contributed by atoms with Gasteiger partial charge in [0.2, 0.25) is 0 Å². The second kappa shape index (κ2) is 7.97. The van der Waals surface area contributed by atoms with E-state index in [1.165, 1.54) is 6.42 Å². The lowest BCUT2D eigenvalue weighted by atomic mass is 9.98. The van der Waals surface area contributed by atoms with E-state index in [0.717, 1.165) is 48.3 Å². The summed E-state index contributed by atoms with van der Waals surface area (Å²) in [5.74, 6) is 0.0555. The first kappa shape index (κ1) is 18.4. The van der Waals surface area contributed by atoms with Gasteiger partial charge in [-0.3, -0.25) is 4.79 Å².